The molecular formula is C25H20N2O3. The molecule has 0 aliphatic rings. The van der Waals surface area contributed by atoms with Gasteiger partial charge >= 0.3 is 0 Å². The number of hydrogen-bond donors (Lipinski definition) is 2. The van der Waals surface area contributed by atoms with Crippen LogP contribution in [0.1, 0.15) is 15.9 Å². The lowest BCUT2D eigenvalue weighted by Crippen LogP contribution is -2.11. The van der Waals surface area contributed by atoms with Crippen LogP contribution in [0.4, 0.5) is 11.4 Å². The highest BCUT2D eigenvalue weighted by molar-refractivity contribution is 6.09. The molecule has 5 heteroatoms. The molecule has 1 amide bonds. The highest BCUT2D eigenvalue weighted by Crippen LogP contribution is 2.29. The van der Waals surface area contributed by atoms with Gasteiger partial charge in [0.1, 0.15) is 0 Å². The van der Waals surface area contributed by atoms with Crippen molar-refractivity contribution in [2.24, 2.45) is 4.99 Å². The van der Waals surface area contributed by atoms with Crippen LogP contribution in [-0.2, 0) is 0 Å². The first kappa shape index (κ1) is 19.2. The highest BCUT2D eigenvalue weighted by atomic mass is 16.5. The van der Waals surface area contributed by atoms with E-state index in [-0.39, 0.29) is 11.7 Å². The number of anilines is 1. The standard InChI is InChI=1S/C25H20N2O3/c1-30-23-14-6-10-19(24(23)28)16-26-20-11-4-9-18(15-20)25(29)27-22-13-5-8-17-7-2-3-12-21(17)22/h2-16,28H,1H3,(H,27,29). The lowest BCUT2D eigenvalue weighted by atomic mass is 10.1. The Balaban J connectivity index is 1.56. The Hall–Kier alpha value is -4.12. The summed E-state index contributed by atoms with van der Waals surface area (Å²) >= 11 is 0. The number of amides is 1. The van der Waals surface area contributed by atoms with Crippen LogP contribution in [0.25, 0.3) is 10.8 Å². The molecule has 0 fully saturated rings. The number of methoxy groups -OCH3 is 1. The van der Waals surface area contributed by atoms with Gasteiger partial charge in [0, 0.05) is 28.4 Å². The summed E-state index contributed by atoms with van der Waals surface area (Å²) in [4.78, 5) is 17.2. The summed E-state index contributed by atoms with van der Waals surface area (Å²) in [5.74, 6) is 0.184. The second-order valence-electron chi connectivity index (χ2n) is 6.69. The van der Waals surface area contributed by atoms with E-state index in [1.165, 1.54) is 7.11 Å². The van der Waals surface area contributed by atoms with Gasteiger partial charge in [0.05, 0.1) is 12.8 Å². The van der Waals surface area contributed by atoms with Gasteiger partial charge in [-0.15, -0.1) is 0 Å². The number of nitrogens with one attached hydrogen (secondary N) is 1. The molecule has 0 atom stereocenters. The number of aliphatic imine (C=N–C) groups is 1. The second kappa shape index (κ2) is 8.49. The normalized spacial score (nSPS) is 11.0. The maximum absolute atomic E-state index is 12.8. The number of benzene rings is 4. The van der Waals surface area contributed by atoms with E-state index in [1.807, 2.05) is 42.5 Å². The molecule has 0 radical (unpaired) electrons. The summed E-state index contributed by atoms with van der Waals surface area (Å²) < 4.78 is 5.11. The number of nitrogens with zero attached hydrogens (tertiary/aromatic N) is 1. The minimum Gasteiger partial charge on any atom is -0.504 e. The van der Waals surface area contributed by atoms with Crippen molar-refractivity contribution in [2.45, 2.75) is 0 Å². The Morgan fingerprint density at radius 1 is 0.967 bits per heavy atom. The van der Waals surface area contributed by atoms with Gasteiger partial charge < -0.3 is 15.2 Å². The van der Waals surface area contributed by atoms with E-state index in [1.54, 1.807) is 48.7 Å². The molecule has 0 saturated heterocycles. The maximum atomic E-state index is 12.8. The number of phenols is 1. The number of para-hydroxylation sites is 1. The van der Waals surface area contributed by atoms with Gasteiger partial charge in [-0.1, -0.05) is 48.5 Å². The molecule has 4 aromatic carbocycles. The number of phenolic OH excluding ortho intramolecular Hbond substituents is 1. The van der Waals surface area contributed by atoms with E-state index in [0.29, 0.717) is 22.6 Å². The summed E-state index contributed by atoms with van der Waals surface area (Å²) in [5, 5.41) is 15.2. The molecule has 30 heavy (non-hydrogen) atoms. The predicted molar refractivity (Wildman–Crippen MR) is 120 cm³/mol. The van der Waals surface area contributed by atoms with Crippen molar-refractivity contribution in [1.82, 2.24) is 0 Å². The molecule has 0 aliphatic carbocycles. The molecule has 5 nitrogen and oxygen atoms in total. The molecular weight excluding hydrogens is 376 g/mol. The van der Waals surface area contributed by atoms with Crippen molar-refractivity contribution in [3.8, 4) is 11.5 Å². The van der Waals surface area contributed by atoms with E-state index in [2.05, 4.69) is 10.3 Å². The number of rotatable bonds is 5. The molecule has 2 N–H and O–H groups in total. The first-order chi connectivity index (χ1) is 14.7. The van der Waals surface area contributed by atoms with E-state index < -0.39 is 0 Å². The smallest absolute Gasteiger partial charge is 0.255 e. The molecule has 0 bridgehead atoms. The van der Waals surface area contributed by atoms with Crippen molar-refractivity contribution < 1.29 is 14.6 Å². The van der Waals surface area contributed by atoms with Gasteiger partial charge in [0.25, 0.3) is 5.91 Å². The lowest BCUT2D eigenvalue weighted by molar-refractivity contribution is 0.102. The van der Waals surface area contributed by atoms with Crippen LogP contribution >= 0.6 is 0 Å². The Labute approximate surface area is 174 Å². The zero-order valence-electron chi connectivity index (χ0n) is 16.4. The van der Waals surface area contributed by atoms with Crippen LogP contribution < -0.4 is 10.1 Å². The third-order valence-corrected chi connectivity index (χ3v) is 4.75. The van der Waals surface area contributed by atoms with Crippen LogP contribution in [0, 0.1) is 0 Å². The molecule has 4 rings (SSSR count). The van der Waals surface area contributed by atoms with Gasteiger partial charge in [0.15, 0.2) is 11.5 Å². The van der Waals surface area contributed by atoms with Crippen molar-refractivity contribution >= 4 is 34.3 Å². The Bertz CT molecular complexity index is 1240. The fourth-order valence-corrected chi connectivity index (χ4v) is 3.21. The van der Waals surface area contributed by atoms with Crippen LogP contribution in [-0.4, -0.2) is 24.3 Å². The summed E-state index contributed by atoms with van der Waals surface area (Å²) in [6, 6.07) is 25.9. The first-order valence-corrected chi connectivity index (χ1v) is 9.45. The fourth-order valence-electron chi connectivity index (χ4n) is 3.21. The van der Waals surface area contributed by atoms with E-state index in [0.717, 1.165) is 16.5 Å². The van der Waals surface area contributed by atoms with Crippen molar-refractivity contribution in [3.05, 3.63) is 96.1 Å². The third-order valence-electron chi connectivity index (χ3n) is 4.75. The number of hydrogen-bond acceptors (Lipinski definition) is 4. The minimum absolute atomic E-state index is 0.0219. The number of carbonyl (C=O) groups is 1. The second-order valence-corrected chi connectivity index (χ2v) is 6.69. The number of fused-ring (bicyclic) bond motifs is 1. The molecule has 0 spiro atoms. The van der Waals surface area contributed by atoms with E-state index in [9.17, 15) is 9.90 Å². The van der Waals surface area contributed by atoms with Crippen molar-refractivity contribution in [2.75, 3.05) is 12.4 Å². The van der Waals surface area contributed by atoms with Gasteiger partial charge in [-0.25, -0.2) is 0 Å². The first-order valence-electron chi connectivity index (χ1n) is 9.45. The number of aromatic hydroxyl groups is 1. The monoisotopic (exact) mass is 396 g/mol. The zero-order chi connectivity index (χ0) is 20.9. The number of carbonyl (C=O) groups excluding carboxylic acids is 1. The number of ether oxygens (including phenoxy) is 1. The average Bonchev–Trinajstić information content (AvgIpc) is 2.79. The van der Waals surface area contributed by atoms with E-state index >= 15 is 0 Å². The van der Waals surface area contributed by atoms with Gasteiger partial charge in [-0.2, -0.15) is 0 Å². The Morgan fingerprint density at radius 2 is 1.73 bits per heavy atom. The zero-order valence-corrected chi connectivity index (χ0v) is 16.4. The molecule has 0 unspecified atom stereocenters. The fraction of sp³-hybridized carbons (Fsp3) is 0.0400. The van der Waals surface area contributed by atoms with Gasteiger partial charge in [-0.3, -0.25) is 9.79 Å². The third kappa shape index (κ3) is 4.00. The summed E-state index contributed by atoms with van der Waals surface area (Å²) in [7, 11) is 1.49. The maximum Gasteiger partial charge on any atom is 0.255 e. The van der Waals surface area contributed by atoms with Crippen molar-refractivity contribution in [3.63, 3.8) is 0 Å². The summed E-state index contributed by atoms with van der Waals surface area (Å²) in [6.45, 7) is 0. The lowest BCUT2D eigenvalue weighted by Gasteiger charge is -2.09. The molecule has 4 aromatic rings. The predicted octanol–water partition coefficient (Wildman–Crippen LogP) is 5.56. The molecule has 0 aliphatic heterocycles. The Kier molecular flexibility index (Phi) is 5.44. The largest absolute Gasteiger partial charge is 0.504 e. The molecule has 0 heterocycles. The van der Waals surface area contributed by atoms with Crippen LogP contribution in [0.2, 0.25) is 0 Å². The molecule has 0 aromatic heterocycles. The topological polar surface area (TPSA) is 70.9 Å². The SMILES string of the molecule is COc1cccc(C=Nc2cccc(C(=O)Nc3cccc4ccccc34)c2)c1O. The van der Waals surface area contributed by atoms with Crippen LogP contribution in [0.5, 0.6) is 11.5 Å². The van der Waals surface area contributed by atoms with Crippen molar-refractivity contribution in [1.29, 1.82) is 0 Å². The van der Waals surface area contributed by atoms with Crippen LogP contribution in [0.3, 0.4) is 0 Å². The van der Waals surface area contributed by atoms with Crippen LogP contribution in [0.15, 0.2) is 89.9 Å². The van der Waals surface area contributed by atoms with Gasteiger partial charge in [0.2, 0.25) is 0 Å². The molecule has 0 saturated carbocycles. The highest BCUT2D eigenvalue weighted by Gasteiger charge is 2.09. The molecule has 148 valence electrons. The summed E-state index contributed by atoms with van der Waals surface area (Å²) in [6.07, 6.45) is 1.54. The summed E-state index contributed by atoms with van der Waals surface area (Å²) in [5.41, 5.74) is 2.38. The van der Waals surface area contributed by atoms with Gasteiger partial charge in [-0.05, 0) is 41.8 Å². The van der Waals surface area contributed by atoms with E-state index in [4.69, 9.17) is 4.74 Å². The quantitative estimate of drug-likeness (QED) is 0.434. The Morgan fingerprint density at radius 3 is 2.60 bits per heavy atom. The minimum atomic E-state index is -0.215. The average molecular weight is 396 g/mol.